The first-order chi connectivity index (χ1) is 13.4. The van der Waals surface area contributed by atoms with Gasteiger partial charge in [-0.3, -0.25) is 9.59 Å². The van der Waals surface area contributed by atoms with E-state index in [-0.39, 0.29) is 11.6 Å². The second-order valence-corrected chi connectivity index (χ2v) is 6.74. The van der Waals surface area contributed by atoms with Gasteiger partial charge in [0, 0.05) is 24.4 Å². The fourth-order valence-electron chi connectivity index (χ4n) is 3.02. The van der Waals surface area contributed by atoms with Crippen LogP contribution in [0, 0.1) is 6.92 Å². The van der Waals surface area contributed by atoms with Crippen molar-refractivity contribution in [1.29, 1.82) is 0 Å². The number of nitrogens with one attached hydrogen (secondary N) is 1. The third-order valence-electron chi connectivity index (χ3n) is 4.64. The van der Waals surface area contributed by atoms with E-state index < -0.39 is 12.0 Å². The lowest BCUT2D eigenvalue weighted by atomic mass is 10.1. The molecule has 0 saturated carbocycles. The molecule has 2 heterocycles. The first-order valence-corrected chi connectivity index (χ1v) is 8.86. The standard InChI is InChI=1S/C21H19N3O4/c1-12-4-6-14(7-5-12)19-11-16(23-28-19)20(25)22-15-8-9-18-17(10-15)24(3)21(26)13(2)27-18/h4-11,13H,1-3H3,(H,22,25). The Balaban J connectivity index is 1.53. The van der Waals surface area contributed by atoms with Gasteiger partial charge in [0.25, 0.3) is 11.8 Å². The Morgan fingerprint density at radius 3 is 2.64 bits per heavy atom. The molecule has 7 nitrogen and oxygen atoms in total. The van der Waals surface area contributed by atoms with Gasteiger partial charge < -0.3 is 19.5 Å². The number of hydrogen-bond donors (Lipinski definition) is 1. The maximum absolute atomic E-state index is 12.5. The minimum Gasteiger partial charge on any atom is -0.479 e. The van der Waals surface area contributed by atoms with E-state index in [1.807, 2.05) is 31.2 Å². The van der Waals surface area contributed by atoms with Crippen molar-refractivity contribution in [2.45, 2.75) is 20.0 Å². The molecule has 7 heteroatoms. The van der Waals surface area contributed by atoms with Crippen molar-refractivity contribution in [1.82, 2.24) is 5.16 Å². The summed E-state index contributed by atoms with van der Waals surface area (Å²) in [6.45, 7) is 3.70. The third-order valence-corrected chi connectivity index (χ3v) is 4.64. The Kier molecular flexibility index (Phi) is 4.35. The highest BCUT2D eigenvalue weighted by Crippen LogP contribution is 2.35. The van der Waals surface area contributed by atoms with Crippen LogP contribution in [0.1, 0.15) is 23.0 Å². The molecule has 1 aliphatic rings. The minimum absolute atomic E-state index is 0.143. The van der Waals surface area contributed by atoms with Gasteiger partial charge in [-0.25, -0.2) is 0 Å². The highest BCUT2D eigenvalue weighted by atomic mass is 16.5. The van der Waals surface area contributed by atoms with E-state index in [0.29, 0.717) is 22.9 Å². The number of carbonyl (C=O) groups excluding carboxylic acids is 2. The van der Waals surface area contributed by atoms with Crippen LogP contribution in [0.2, 0.25) is 0 Å². The first kappa shape index (κ1) is 17.8. The number of rotatable bonds is 3. The fraction of sp³-hybridized carbons (Fsp3) is 0.190. The number of hydrogen-bond acceptors (Lipinski definition) is 5. The molecule has 0 saturated heterocycles. The van der Waals surface area contributed by atoms with Gasteiger partial charge in [0.2, 0.25) is 0 Å². The van der Waals surface area contributed by atoms with E-state index in [4.69, 9.17) is 9.26 Å². The first-order valence-electron chi connectivity index (χ1n) is 8.86. The monoisotopic (exact) mass is 377 g/mol. The highest BCUT2D eigenvalue weighted by Gasteiger charge is 2.29. The van der Waals surface area contributed by atoms with Crippen molar-refractivity contribution >= 4 is 23.2 Å². The van der Waals surface area contributed by atoms with Gasteiger partial charge in [-0.05, 0) is 32.0 Å². The van der Waals surface area contributed by atoms with E-state index in [2.05, 4.69) is 10.5 Å². The van der Waals surface area contributed by atoms with Crippen LogP contribution in [0.4, 0.5) is 11.4 Å². The summed E-state index contributed by atoms with van der Waals surface area (Å²) in [5.74, 6) is 0.565. The normalized spacial score (nSPS) is 15.8. The number of nitrogens with zero attached hydrogens (tertiary/aromatic N) is 2. The van der Waals surface area contributed by atoms with Crippen molar-refractivity contribution in [3.8, 4) is 17.1 Å². The number of fused-ring (bicyclic) bond motifs is 1. The van der Waals surface area contributed by atoms with Crippen LogP contribution >= 0.6 is 0 Å². The van der Waals surface area contributed by atoms with Gasteiger partial charge in [-0.2, -0.15) is 0 Å². The molecule has 1 aromatic heterocycles. The van der Waals surface area contributed by atoms with E-state index >= 15 is 0 Å². The number of benzene rings is 2. The second-order valence-electron chi connectivity index (χ2n) is 6.74. The van der Waals surface area contributed by atoms with Crippen molar-refractivity contribution in [3.05, 3.63) is 59.8 Å². The SMILES string of the molecule is Cc1ccc(-c2cc(C(=O)Nc3ccc4c(c3)N(C)C(=O)C(C)O4)no2)cc1. The molecule has 28 heavy (non-hydrogen) atoms. The summed E-state index contributed by atoms with van der Waals surface area (Å²) in [7, 11) is 1.68. The van der Waals surface area contributed by atoms with Crippen LogP contribution in [0.3, 0.4) is 0 Å². The molecule has 1 unspecified atom stereocenters. The third kappa shape index (κ3) is 3.22. The van der Waals surface area contributed by atoms with Crippen LogP contribution < -0.4 is 15.0 Å². The van der Waals surface area contributed by atoms with Gasteiger partial charge in [0.15, 0.2) is 17.6 Å². The molecule has 3 aromatic rings. The van der Waals surface area contributed by atoms with Crippen LogP contribution in [-0.2, 0) is 4.79 Å². The largest absolute Gasteiger partial charge is 0.479 e. The van der Waals surface area contributed by atoms with Crippen LogP contribution in [0.25, 0.3) is 11.3 Å². The Labute approximate surface area is 161 Å². The number of amides is 2. The zero-order valence-corrected chi connectivity index (χ0v) is 15.7. The molecule has 1 N–H and O–H groups in total. The molecule has 0 radical (unpaired) electrons. The van der Waals surface area contributed by atoms with Gasteiger partial charge in [-0.1, -0.05) is 35.0 Å². The molecule has 1 aliphatic heterocycles. The smallest absolute Gasteiger partial charge is 0.277 e. The Bertz CT molecular complexity index is 1060. The van der Waals surface area contributed by atoms with Crippen molar-refractivity contribution in [2.24, 2.45) is 0 Å². The molecule has 0 spiro atoms. The number of aromatic nitrogens is 1. The molecular weight excluding hydrogens is 358 g/mol. The summed E-state index contributed by atoms with van der Waals surface area (Å²) < 4.78 is 10.9. The van der Waals surface area contributed by atoms with Crippen LogP contribution in [0.5, 0.6) is 5.75 Å². The van der Waals surface area contributed by atoms with Gasteiger partial charge in [0.1, 0.15) is 5.75 Å². The van der Waals surface area contributed by atoms with Crippen LogP contribution in [-0.4, -0.2) is 30.1 Å². The van der Waals surface area contributed by atoms with E-state index in [1.165, 1.54) is 4.90 Å². The lowest BCUT2D eigenvalue weighted by Gasteiger charge is -2.30. The Morgan fingerprint density at radius 1 is 1.14 bits per heavy atom. The molecule has 142 valence electrons. The van der Waals surface area contributed by atoms with Crippen molar-refractivity contribution in [3.63, 3.8) is 0 Å². The average Bonchev–Trinajstić information content (AvgIpc) is 3.18. The summed E-state index contributed by atoms with van der Waals surface area (Å²) in [5.41, 5.74) is 3.28. The topological polar surface area (TPSA) is 84.7 Å². The van der Waals surface area contributed by atoms with Crippen molar-refractivity contribution < 1.29 is 18.8 Å². The predicted octanol–water partition coefficient (Wildman–Crippen LogP) is 3.65. The van der Waals surface area contributed by atoms with E-state index in [1.54, 1.807) is 38.2 Å². The van der Waals surface area contributed by atoms with Gasteiger partial charge in [-0.15, -0.1) is 0 Å². The maximum atomic E-state index is 12.5. The Morgan fingerprint density at radius 2 is 1.89 bits per heavy atom. The maximum Gasteiger partial charge on any atom is 0.277 e. The molecule has 0 bridgehead atoms. The number of ether oxygens (including phenoxy) is 1. The quantitative estimate of drug-likeness (QED) is 0.753. The predicted molar refractivity (Wildman–Crippen MR) is 105 cm³/mol. The molecule has 4 rings (SSSR count). The number of carbonyl (C=O) groups is 2. The Hall–Kier alpha value is -3.61. The lowest BCUT2D eigenvalue weighted by Crippen LogP contribution is -2.41. The zero-order chi connectivity index (χ0) is 19.8. The lowest BCUT2D eigenvalue weighted by molar-refractivity contribution is -0.125. The van der Waals surface area contributed by atoms with E-state index in [0.717, 1.165) is 11.1 Å². The second kappa shape index (κ2) is 6.84. The molecule has 0 aliphatic carbocycles. The summed E-state index contributed by atoms with van der Waals surface area (Å²) in [6.07, 6.45) is -0.534. The number of likely N-dealkylation sites (N-methyl/N-ethyl adjacent to an activating group) is 1. The molecule has 2 amide bonds. The summed E-state index contributed by atoms with van der Waals surface area (Å²) in [6, 6.07) is 14.5. The number of anilines is 2. The summed E-state index contributed by atoms with van der Waals surface area (Å²) in [5, 5.41) is 6.63. The molecular formula is C21H19N3O4. The van der Waals surface area contributed by atoms with Gasteiger partial charge in [0.05, 0.1) is 5.69 Å². The minimum atomic E-state index is -0.534. The zero-order valence-electron chi connectivity index (χ0n) is 15.7. The summed E-state index contributed by atoms with van der Waals surface area (Å²) >= 11 is 0. The number of aryl methyl sites for hydroxylation is 1. The highest BCUT2D eigenvalue weighted by molar-refractivity contribution is 6.05. The van der Waals surface area contributed by atoms with E-state index in [9.17, 15) is 9.59 Å². The average molecular weight is 377 g/mol. The molecule has 2 aromatic carbocycles. The molecule has 1 atom stereocenters. The van der Waals surface area contributed by atoms with Gasteiger partial charge >= 0.3 is 0 Å². The fourth-order valence-corrected chi connectivity index (χ4v) is 3.02. The summed E-state index contributed by atoms with van der Waals surface area (Å²) in [4.78, 5) is 26.1. The molecule has 0 fully saturated rings. The van der Waals surface area contributed by atoms with Crippen molar-refractivity contribution in [2.75, 3.05) is 17.3 Å². The van der Waals surface area contributed by atoms with Crippen LogP contribution in [0.15, 0.2) is 53.1 Å².